The minimum Gasteiger partial charge on any atom is -0.480 e. The Hall–Kier alpha value is -3.52. The van der Waals surface area contributed by atoms with E-state index in [0.29, 0.717) is 31.4 Å². The van der Waals surface area contributed by atoms with Crippen molar-refractivity contribution in [2.75, 3.05) is 20.2 Å². The lowest BCUT2D eigenvalue weighted by Crippen LogP contribution is -2.30. The highest BCUT2D eigenvalue weighted by Crippen LogP contribution is 2.31. The maximum absolute atomic E-state index is 11.2. The molecule has 1 heterocycles. The molecule has 7 nitrogen and oxygen atoms in total. The fraction of sp³-hybridized carbons (Fsp3) is 0.276. The van der Waals surface area contributed by atoms with E-state index >= 15 is 0 Å². The van der Waals surface area contributed by atoms with Crippen molar-refractivity contribution in [1.29, 1.82) is 0 Å². The van der Waals surface area contributed by atoms with E-state index in [9.17, 15) is 9.90 Å². The van der Waals surface area contributed by atoms with Crippen molar-refractivity contribution in [2.45, 2.75) is 33.4 Å². The zero-order chi connectivity index (χ0) is 25.5. The van der Waals surface area contributed by atoms with Crippen molar-refractivity contribution >= 4 is 18.4 Å². The molecule has 0 atom stereocenters. The van der Waals surface area contributed by atoms with Gasteiger partial charge in [-0.2, -0.15) is 4.98 Å². The second-order valence-corrected chi connectivity index (χ2v) is 8.85. The van der Waals surface area contributed by atoms with Crippen molar-refractivity contribution in [3.05, 3.63) is 83.4 Å². The van der Waals surface area contributed by atoms with Gasteiger partial charge in [-0.25, -0.2) is 0 Å². The van der Waals surface area contributed by atoms with Gasteiger partial charge in [0.1, 0.15) is 0 Å². The van der Waals surface area contributed by atoms with Gasteiger partial charge < -0.3 is 14.4 Å². The first-order valence-corrected chi connectivity index (χ1v) is 12.0. The van der Waals surface area contributed by atoms with E-state index in [1.54, 1.807) is 7.11 Å². The minimum atomic E-state index is -0.830. The number of hydrogen-bond donors (Lipinski definition) is 1. The van der Waals surface area contributed by atoms with Gasteiger partial charge in [0, 0.05) is 24.8 Å². The van der Waals surface area contributed by atoms with Crippen LogP contribution in [-0.4, -0.2) is 46.3 Å². The monoisotopic (exact) mass is 521 g/mol. The number of aryl methyl sites for hydroxylation is 1. The highest BCUT2D eigenvalue weighted by Gasteiger charge is 2.16. The number of nitrogens with zero attached hydrogens (tertiary/aromatic N) is 3. The molecule has 4 rings (SSSR count). The third-order valence-electron chi connectivity index (χ3n) is 6.00. The van der Waals surface area contributed by atoms with Crippen LogP contribution in [0.4, 0.5) is 0 Å². The fourth-order valence-corrected chi connectivity index (χ4v) is 4.39. The van der Waals surface area contributed by atoms with Gasteiger partial charge in [-0.1, -0.05) is 60.6 Å². The third kappa shape index (κ3) is 7.04. The topological polar surface area (TPSA) is 88.7 Å². The van der Waals surface area contributed by atoms with Crippen LogP contribution in [-0.2, 0) is 22.7 Å². The zero-order valence-corrected chi connectivity index (χ0v) is 22.1. The van der Waals surface area contributed by atoms with E-state index < -0.39 is 5.97 Å². The molecule has 3 aromatic carbocycles. The molecule has 8 heteroatoms. The molecule has 0 bridgehead atoms. The molecule has 0 amide bonds. The molecule has 0 radical (unpaired) electrons. The van der Waals surface area contributed by atoms with E-state index in [1.807, 2.05) is 60.4 Å². The molecule has 194 valence electrons. The summed E-state index contributed by atoms with van der Waals surface area (Å²) in [7, 11) is 1.68. The third-order valence-corrected chi connectivity index (χ3v) is 6.00. The molecular formula is C29H32ClN3O4. The van der Waals surface area contributed by atoms with Crippen LogP contribution < -0.4 is 0 Å². The fourth-order valence-electron chi connectivity index (χ4n) is 4.39. The van der Waals surface area contributed by atoms with Gasteiger partial charge in [-0.05, 0) is 65.9 Å². The Bertz CT molecular complexity index is 1340. The van der Waals surface area contributed by atoms with Crippen molar-refractivity contribution in [2.24, 2.45) is 0 Å². The number of hydrogen-bond acceptors (Lipinski definition) is 6. The number of carboxylic acid groups (broad SMARTS) is 1. The summed E-state index contributed by atoms with van der Waals surface area (Å²) in [5.41, 5.74) is 7.17. The summed E-state index contributed by atoms with van der Waals surface area (Å²) in [6, 6.07) is 22.2. The predicted molar refractivity (Wildman–Crippen MR) is 147 cm³/mol. The summed E-state index contributed by atoms with van der Waals surface area (Å²) in [4.78, 5) is 17.8. The maximum Gasteiger partial charge on any atom is 0.317 e. The Labute approximate surface area is 223 Å². The quantitative estimate of drug-likeness (QED) is 0.250. The summed E-state index contributed by atoms with van der Waals surface area (Å²) >= 11 is 0. The first-order chi connectivity index (χ1) is 17.5. The lowest BCUT2D eigenvalue weighted by molar-refractivity contribution is -0.138. The normalized spacial score (nSPS) is 10.9. The highest BCUT2D eigenvalue weighted by molar-refractivity contribution is 5.85. The number of aromatic nitrogens is 2. The molecule has 0 fully saturated rings. The van der Waals surface area contributed by atoms with Crippen molar-refractivity contribution in [3.8, 4) is 34.0 Å². The van der Waals surface area contributed by atoms with Crippen LogP contribution in [0, 0.1) is 6.92 Å². The van der Waals surface area contributed by atoms with Crippen LogP contribution in [0.3, 0.4) is 0 Å². The smallest absolute Gasteiger partial charge is 0.317 e. The Balaban J connectivity index is 0.00000380. The molecule has 0 spiro atoms. The van der Waals surface area contributed by atoms with Gasteiger partial charge in [-0.3, -0.25) is 9.69 Å². The lowest BCUT2D eigenvalue weighted by Gasteiger charge is -2.19. The molecule has 0 aliphatic carbocycles. The van der Waals surface area contributed by atoms with Gasteiger partial charge >= 0.3 is 5.97 Å². The van der Waals surface area contributed by atoms with Crippen molar-refractivity contribution < 1.29 is 19.2 Å². The Kier molecular flexibility index (Phi) is 9.97. The van der Waals surface area contributed by atoms with Crippen LogP contribution in [0.25, 0.3) is 34.0 Å². The molecule has 0 aliphatic rings. The maximum atomic E-state index is 11.2. The average Bonchev–Trinajstić information content (AvgIpc) is 3.35. The number of methoxy groups -OCH3 is 1. The van der Waals surface area contributed by atoms with Gasteiger partial charge in [0.15, 0.2) is 0 Å². The van der Waals surface area contributed by atoms with Crippen LogP contribution >= 0.6 is 12.4 Å². The Morgan fingerprint density at radius 2 is 1.84 bits per heavy atom. The summed E-state index contributed by atoms with van der Waals surface area (Å²) in [5, 5.41) is 13.4. The zero-order valence-electron chi connectivity index (χ0n) is 21.3. The average molecular weight is 522 g/mol. The summed E-state index contributed by atoms with van der Waals surface area (Å²) < 4.78 is 11.1. The number of benzene rings is 3. The first-order valence-electron chi connectivity index (χ1n) is 12.0. The lowest BCUT2D eigenvalue weighted by atomic mass is 9.94. The Morgan fingerprint density at radius 1 is 1.03 bits per heavy atom. The Morgan fingerprint density at radius 3 is 2.57 bits per heavy atom. The first kappa shape index (κ1) is 28.1. The number of aliphatic carboxylic acids is 1. The molecule has 37 heavy (non-hydrogen) atoms. The van der Waals surface area contributed by atoms with Crippen LogP contribution in [0.15, 0.2) is 71.3 Å². The second-order valence-electron chi connectivity index (χ2n) is 8.85. The molecule has 0 unspecified atom stereocenters. The van der Waals surface area contributed by atoms with Crippen LogP contribution in [0.5, 0.6) is 0 Å². The van der Waals surface area contributed by atoms with E-state index in [2.05, 4.69) is 35.3 Å². The molecule has 1 aromatic heterocycles. The summed E-state index contributed by atoms with van der Waals surface area (Å²) in [5.74, 6) is 0.0923. The second kappa shape index (κ2) is 13.1. The minimum absolute atomic E-state index is 0. The van der Waals surface area contributed by atoms with Gasteiger partial charge in [0.2, 0.25) is 5.82 Å². The predicted octanol–water partition coefficient (Wildman–Crippen LogP) is 6.24. The van der Waals surface area contributed by atoms with E-state index in [-0.39, 0.29) is 19.0 Å². The van der Waals surface area contributed by atoms with E-state index in [0.717, 1.165) is 34.2 Å². The van der Waals surface area contributed by atoms with Crippen molar-refractivity contribution in [3.63, 3.8) is 0 Å². The summed E-state index contributed by atoms with van der Waals surface area (Å²) in [6.45, 7) is 5.86. The van der Waals surface area contributed by atoms with E-state index in [1.165, 1.54) is 11.1 Å². The molecule has 0 aliphatic heterocycles. The van der Waals surface area contributed by atoms with Gasteiger partial charge in [0.05, 0.1) is 13.2 Å². The number of carbonyl (C=O) groups is 1. The molecule has 1 N–H and O–H groups in total. The number of rotatable bonds is 11. The number of carboxylic acids is 1. The summed E-state index contributed by atoms with van der Waals surface area (Å²) in [6.07, 6.45) is 0.884. The molecular weight excluding hydrogens is 490 g/mol. The highest BCUT2D eigenvalue weighted by atomic mass is 35.5. The van der Waals surface area contributed by atoms with Crippen LogP contribution in [0.2, 0.25) is 0 Å². The number of halogens is 1. The molecule has 4 aromatic rings. The molecule has 0 saturated heterocycles. The SMILES string of the molecule is CCCN(CC(=O)O)Cc1cccc(-c2noc(-c3ccc(-c4ccccc4C)c(COC)c3)n2)c1.Cl. The van der Waals surface area contributed by atoms with Gasteiger partial charge in [-0.15, -0.1) is 12.4 Å². The van der Waals surface area contributed by atoms with E-state index in [4.69, 9.17) is 9.26 Å². The van der Waals surface area contributed by atoms with Crippen molar-refractivity contribution in [1.82, 2.24) is 15.0 Å². The number of ether oxygens (including phenoxy) is 1. The van der Waals surface area contributed by atoms with Crippen LogP contribution in [0.1, 0.15) is 30.0 Å². The largest absolute Gasteiger partial charge is 0.480 e. The van der Waals surface area contributed by atoms with Gasteiger partial charge in [0.25, 0.3) is 5.89 Å². The molecule has 0 saturated carbocycles. The standard InChI is InChI=1S/C29H31N3O4.ClH/c1-4-14-32(18-27(33)34)17-21-9-7-10-22(15-21)28-30-29(36-31-28)23-12-13-26(24(16-23)19-35-3)25-11-6-5-8-20(25)2;/h5-13,15-16H,4,14,17-19H2,1-3H3,(H,33,34);1H.